The Balaban J connectivity index is 2.02. The molecule has 212 valence electrons. The largest absolute Gasteiger partial charge is 0.507 e. The zero-order valence-corrected chi connectivity index (χ0v) is 24.1. The number of carbonyl (C=O) groups is 1. The molecule has 0 radical (unpaired) electrons. The van der Waals surface area contributed by atoms with Crippen LogP contribution in [-0.4, -0.2) is 41.9 Å². The third kappa shape index (κ3) is 7.57. The lowest BCUT2D eigenvalue weighted by Gasteiger charge is -2.36. The van der Waals surface area contributed by atoms with Gasteiger partial charge in [0.2, 0.25) is 0 Å². The van der Waals surface area contributed by atoms with Crippen LogP contribution < -0.4 is 4.74 Å². The zero-order chi connectivity index (χ0) is 27.9. The van der Waals surface area contributed by atoms with Crippen molar-refractivity contribution in [1.82, 2.24) is 0 Å². The number of esters is 1. The van der Waals surface area contributed by atoms with E-state index in [0.29, 0.717) is 24.8 Å². The van der Waals surface area contributed by atoms with Crippen molar-refractivity contribution in [1.29, 1.82) is 0 Å². The molecule has 3 rings (SSSR count). The monoisotopic (exact) mass is 550 g/mol. The minimum absolute atomic E-state index is 0.0651. The van der Waals surface area contributed by atoms with Gasteiger partial charge in [-0.25, -0.2) is 9.36 Å². The summed E-state index contributed by atoms with van der Waals surface area (Å²) < 4.78 is 34.3. The Morgan fingerprint density at radius 2 is 1.92 bits per heavy atom. The summed E-state index contributed by atoms with van der Waals surface area (Å²) in [5.74, 6) is -0.577. The van der Waals surface area contributed by atoms with Gasteiger partial charge in [-0.3, -0.25) is 9.05 Å². The van der Waals surface area contributed by atoms with E-state index >= 15 is 0 Å². The summed E-state index contributed by atoms with van der Waals surface area (Å²) in [5, 5.41) is 11.2. The van der Waals surface area contributed by atoms with Crippen LogP contribution in [0, 0.1) is 5.92 Å². The molecule has 1 fully saturated rings. The standard InChI is InChI=1S/C29H43O8P/c1-6-10-22-18-25(30)27(24-17-21(4)11-12-23(24)20(2)3)26(19-22)36-28(31)29(13-8-7-9-14-29)37-38(32,33)35-16-15-34-5/h17-19,23-24,30H,2,6-16H2,1,3-5H3,(H,32,33)/t23-,24+/m0/s1. The molecule has 0 saturated heterocycles. The van der Waals surface area contributed by atoms with E-state index in [1.54, 1.807) is 12.1 Å². The summed E-state index contributed by atoms with van der Waals surface area (Å²) in [6, 6.07) is 3.54. The number of benzene rings is 1. The van der Waals surface area contributed by atoms with Gasteiger partial charge in [0.15, 0.2) is 5.60 Å². The van der Waals surface area contributed by atoms with E-state index in [-0.39, 0.29) is 49.4 Å². The molecule has 0 bridgehead atoms. The molecule has 2 aliphatic rings. The molecule has 9 heteroatoms. The van der Waals surface area contributed by atoms with Crippen LogP contribution in [0.4, 0.5) is 0 Å². The highest BCUT2D eigenvalue weighted by Crippen LogP contribution is 2.52. The highest BCUT2D eigenvalue weighted by atomic mass is 31.2. The third-order valence-electron chi connectivity index (χ3n) is 7.50. The van der Waals surface area contributed by atoms with Crippen LogP contribution in [0.5, 0.6) is 11.5 Å². The molecular formula is C29H43O8P. The van der Waals surface area contributed by atoms with Gasteiger partial charge in [-0.15, -0.1) is 0 Å². The SMILES string of the molecule is C=C(C)[C@@H]1CCC(C)=C[C@H]1c1c(O)cc(CCC)cc1OC(=O)C1(OP(=O)(O)OCCOC)CCCCC1. The number of aromatic hydroxyl groups is 1. The van der Waals surface area contributed by atoms with Gasteiger partial charge >= 0.3 is 13.8 Å². The fourth-order valence-electron chi connectivity index (χ4n) is 5.56. The Labute approximate surface area is 226 Å². The zero-order valence-electron chi connectivity index (χ0n) is 23.2. The van der Waals surface area contributed by atoms with Gasteiger partial charge < -0.3 is 19.5 Å². The average Bonchev–Trinajstić information content (AvgIpc) is 2.84. The average molecular weight is 551 g/mol. The highest BCUT2D eigenvalue weighted by Gasteiger charge is 2.48. The summed E-state index contributed by atoms with van der Waals surface area (Å²) in [7, 11) is -3.11. The Hall–Kier alpha value is -1.96. The van der Waals surface area contributed by atoms with Gasteiger partial charge in [-0.05, 0) is 82.4 Å². The normalized spacial score (nSPS) is 22.8. The van der Waals surface area contributed by atoms with Crippen LogP contribution in [-0.2, 0) is 29.6 Å². The molecule has 1 aromatic carbocycles. The second-order valence-electron chi connectivity index (χ2n) is 10.6. The van der Waals surface area contributed by atoms with E-state index in [0.717, 1.165) is 36.8 Å². The minimum atomic E-state index is -4.57. The van der Waals surface area contributed by atoms with Gasteiger partial charge in [0.1, 0.15) is 11.5 Å². The first kappa shape index (κ1) is 30.6. The number of hydrogen-bond donors (Lipinski definition) is 2. The van der Waals surface area contributed by atoms with E-state index in [1.807, 2.05) is 13.8 Å². The fourth-order valence-corrected chi connectivity index (χ4v) is 6.61. The van der Waals surface area contributed by atoms with E-state index in [2.05, 4.69) is 19.6 Å². The molecule has 2 N–H and O–H groups in total. The van der Waals surface area contributed by atoms with Crippen molar-refractivity contribution in [3.63, 3.8) is 0 Å². The lowest BCUT2D eigenvalue weighted by atomic mass is 9.73. The first-order chi connectivity index (χ1) is 18.0. The van der Waals surface area contributed by atoms with Crippen molar-refractivity contribution in [2.24, 2.45) is 5.92 Å². The number of hydrogen-bond acceptors (Lipinski definition) is 7. The van der Waals surface area contributed by atoms with Gasteiger partial charge in [0.25, 0.3) is 0 Å². The van der Waals surface area contributed by atoms with Crippen molar-refractivity contribution in [3.05, 3.63) is 47.1 Å². The molecule has 0 heterocycles. The number of phosphoric acid groups is 1. The summed E-state index contributed by atoms with van der Waals surface area (Å²) in [4.78, 5) is 24.2. The Bertz CT molecular complexity index is 1070. The van der Waals surface area contributed by atoms with E-state index in [4.69, 9.17) is 18.5 Å². The molecule has 0 spiro atoms. The number of methoxy groups -OCH3 is 1. The minimum Gasteiger partial charge on any atom is -0.507 e. The molecule has 0 amide bonds. The molecule has 3 atom stereocenters. The van der Waals surface area contributed by atoms with E-state index in [9.17, 15) is 19.4 Å². The van der Waals surface area contributed by atoms with Gasteiger partial charge in [-0.2, -0.15) is 0 Å². The summed E-state index contributed by atoms with van der Waals surface area (Å²) in [6.45, 7) is 10.2. The first-order valence-electron chi connectivity index (χ1n) is 13.6. The second kappa shape index (κ2) is 13.4. The summed E-state index contributed by atoms with van der Waals surface area (Å²) in [6.07, 6.45) is 8.11. The number of allylic oxidation sites excluding steroid dienone is 3. The number of phenols is 1. The van der Waals surface area contributed by atoms with Crippen LogP contribution in [0.3, 0.4) is 0 Å². The van der Waals surface area contributed by atoms with Crippen LogP contribution in [0.1, 0.15) is 89.2 Å². The number of ether oxygens (including phenoxy) is 2. The van der Waals surface area contributed by atoms with E-state index < -0.39 is 19.4 Å². The molecule has 0 aliphatic heterocycles. The Morgan fingerprint density at radius 3 is 2.55 bits per heavy atom. The Kier molecular flexibility index (Phi) is 10.8. The van der Waals surface area contributed by atoms with Crippen LogP contribution in [0.15, 0.2) is 35.9 Å². The first-order valence-corrected chi connectivity index (χ1v) is 15.1. The van der Waals surface area contributed by atoms with Crippen LogP contribution >= 0.6 is 7.82 Å². The second-order valence-corrected chi connectivity index (χ2v) is 12.0. The molecule has 2 aliphatic carbocycles. The maximum atomic E-state index is 13.8. The van der Waals surface area contributed by atoms with Crippen molar-refractivity contribution >= 4 is 13.8 Å². The molecule has 8 nitrogen and oxygen atoms in total. The van der Waals surface area contributed by atoms with Crippen LogP contribution in [0.2, 0.25) is 0 Å². The topological polar surface area (TPSA) is 112 Å². The van der Waals surface area contributed by atoms with Crippen molar-refractivity contribution < 1.29 is 37.9 Å². The number of aryl methyl sites for hydroxylation is 1. The third-order valence-corrected chi connectivity index (χ3v) is 8.59. The van der Waals surface area contributed by atoms with Crippen molar-refractivity contribution in [3.8, 4) is 11.5 Å². The van der Waals surface area contributed by atoms with Gasteiger partial charge in [0, 0.05) is 18.6 Å². The van der Waals surface area contributed by atoms with Crippen molar-refractivity contribution in [2.75, 3.05) is 20.3 Å². The molecule has 1 aromatic rings. The number of phenolic OH excluding ortho intramolecular Hbond substituents is 1. The maximum Gasteiger partial charge on any atom is 0.473 e. The molecular weight excluding hydrogens is 507 g/mol. The maximum absolute atomic E-state index is 13.8. The van der Waals surface area contributed by atoms with Gasteiger partial charge in [-0.1, -0.05) is 43.6 Å². The molecule has 38 heavy (non-hydrogen) atoms. The molecule has 1 saturated carbocycles. The molecule has 1 unspecified atom stereocenters. The molecule has 0 aromatic heterocycles. The van der Waals surface area contributed by atoms with Crippen LogP contribution in [0.25, 0.3) is 0 Å². The van der Waals surface area contributed by atoms with E-state index in [1.165, 1.54) is 12.7 Å². The lowest BCUT2D eigenvalue weighted by Crippen LogP contribution is -2.45. The summed E-state index contributed by atoms with van der Waals surface area (Å²) in [5.41, 5.74) is 1.93. The number of carbonyl (C=O) groups excluding carboxylic acids is 1. The number of phosphoric ester groups is 1. The highest BCUT2D eigenvalue weighted by molar-refractivity contribution is 7.47. The Morgan fingerprint density at radius 1 is 1.21 bits per heavy atom. The smallest absolute Gasteiger partial charge is 0.473 e. The van der Waals surface area contributed by atoms with Gasteiger partial charge in [0.05, 0.1) is 13.2 Å². The fraction of sp³-hybridized carbons (Fsp3) is 0.621. The predicted molar refractivity (Wildman–Crippen MR) is 146 cm³/mol. The lowest BCUT2D eigenvalue weighted by molar-refractivity contribution is -0.157. The quantitative estimate of drug-likeness (QED) is 0.0967. The number of rotatable bonds is 12. The predicted octanol–water partition coefficient (Wildman–Crippen LogP) is 6.75. The summed E-state index contributed by atoms with van der Waals surface area (Å²) >= 11 is 0. The van der Waals surface area contributed by atoms with Crippen molar-refractivity contribution in [2.45, 2.75) is 90.1 Å².